The first kappa shape index (κ1) is 7.55. The Morgan fingerprint density at radius 2 is 2.20 bits per heavy atom. The van der Waals surface area contributed by atoms with E-state index in [0.717, 1.165) is 5.56 Å². The van der Waals surface area contributed by atoms with Gasteiger partial charge in [-0.05, 0) is 24.1 Å². The predicted molar refractivity (Wildman–Crippen MR) is 40.5 cm³/mol. The zero-order valence-corrected chi connectivity index (χ0v) is 6.32. The molecule has 0 saturated heterocycles. The molecule has 0 N–H and O–H groups in total. The minimum atomic E-state index is -0.368. The monoisotopic (exact) mass is 157 g/mol. The summed E-state index contributed by atoms with van der Waals surface area (Å²) in [5, 5.41) is 0.176. The van der Waals surface area contributed by atoms with Gasteiger partial charge in [-0.1, -0.05) is 24.6 Å². The van der Waals surface area contributed by atoms with Gasteiger partial charge >= 0.3 is 0 Å². The van der Waals surface area contributed by atoms with Crippen molar-refractivity contribution >= 4 is 11.6 Å². The number of halogens is 2. The molecule has 0 heterocycles. The van der Waals surface area contributed by atoms with Crippen LogP contribution in [0.15, 0.2) is 18.2 Å². The number of rotatable bonds is 1. The molecule has 10 heavy (non-hydrogen) atoms. The summed E-state index contributed by atoms with van der Waals surface area (Å²) in [6.45, 7) is 1.88. The molecule has 0 spiro atoms. The van der Waals surface area contributed by atoms with Gasteiger partial charge < -0.3 is 0 Å². The molecule has 1 aromatic carbocycles. The molecule has 0 fully saturated rings. The van der Waals surface area contributed by atoms with E-state index in [2.05, 4.69) is 0 Å². The molecule has 0 aliphatic heterocycles. The third kappa shape index (κ3) is 1.48. The molecule has 53 valence electrons. The summed E-state index contributed by atoms with van der Waals surface area (Å²) < 4.78 is 12.5. The van der Waals surface area contributed by atoms with Crippen LogP contribution in [0.25, 0.3) is 0 Å². The zero-order valence-electron chi connectivity index (χ0n) is 5.57. The van der Waals surface area contributed by atoms with Crippen molar-refractivity contribution in [1.29, 1.82) is 0 Å². The average Bonchev–Trinajstić information content (AvgIpc) is 1.95. The third-order valence-electron chi connectivity index (χ3n) is 1.28. The van der Waals surface area contributed by atoms with Gasteiger partial charge in [0.05, 0.1) is 5.02 Å². The van der Waals surface area contributed by atoms with Gasteiger partial charge in [0.2, 0.25) is 0 Å². The van der Waals surface area contributed by atoms with E-state index in [4.69, 9.17) is 11.6 Å². The van der Waals surface area contributed by atoms with Crippen molar-refractivity contribution in [1.82, 2.24) is 0 Å². The lowest BCUT2D eigenvalue weighted by Crippen LogP contribution is -1.80. The van der Waals surface area contributed by atoms with E-state index in [0.29, 0.717) is 0 Å². The fraction of sp³-hybridized carbons (Fsp3) is 0.125. The molecule has 1 rings (SSSR count). The molecule has 0 amide bonds. The highest BCUT2D eigenvalue weighted by atomic mass is 35.5. The molecule has 1 aromatic rings. The largest absolute Gasteiger partial charge is 0.205 e. The summed E-state index contributed by atoms with van der Waals surface area (Å²) >= 11 is 5.50. The minimum Gasteiger partial charge on any atom is -0.205 e. The van der Waals surface area contributed by atoms with Gasteiger partial charge in [-0.3, -0.25) is 0 Å². The molecule has 2 heteroatoms. The second kappa shape index (κ2) is 3.02. The van der Waals surface area contributed by atoms with Crippen LogP contribution in [0.2, 0.25) is 5.02 Å². The van der Waals surface area contributed by atoms with Crippen molar-refractivity contribution in [3.05, 3.63) is 41.0 Å². The Bertz CT molecular complexity index is 233. The van der Waals surface area contributed by atoms with E-state index < -0.39 is 0 Å². The first-order valence-corrected chi connectivity index (χ1v) is 3.36. The molecule has 0 nitrogen and oxygen atoms in total. The van der Waals surface area contributed by atoms with Crippen LogP contribution in [0.3, 0.4) is 0 Å². The van der Waals surface area contributed by atoms with Gasteiger partial charge in [0.15, 0.2) is 0 Å². The Kier molecular flexibility index (Phi) is 2.28. The number of benzene rings is 1. The standard InChI is InChI=1S/C8H7ClF/c1-2-6-3-4-8(10)7(9)5-6/h2-5H,1H3. The second-order valence-electron chi connectivity index (χ2n) is 1.96. The highest BCUT2D eigenvalue weighted by Crippen LogP contribution is 2.16. The van der Waals surface area contributed by atoms with Crippen LogP contribution in [-0.2, 0) is 0 Å². The maximum absolute atomic E-state index is 12.5. The predicted octanol–water partition coefficient (Wildman–Crippen LogP) is 3.05. The molecular formula is C8H7ClF. The van der Waals surface area contributed by atoms with Crippen molar-refractivity contribution in [3.63, 3.8) is 0 Å². The van der Waals surface area contributed by atoms with Crippen LogP contribution in [0.1, 0.15) is 12.5 Å². The maximum atomic E-state index is 12.5. The van der Waals surface area contributed by atoms with Crippen LogP contribution in [-0.4, -0.2) is 0 Å². The smallest absolute Gasteiger partial charge is 0.141 e. The molecule has 0 unspecified atom stereocenters. The lowest BCUT2D eigenvalue weighted by Gasteiger charge is -1.96. The fourth-order valence-electron chi connectivity index (χ4n) is 0.692. The normalized spacial score (nSPS) is 9.90. The SMILES string of the molecule is C[CH]c1ccc(F)c(Cl)c1. The summed E-state index contributed by atoms with van der Waals surface area (Å²) in [5.74, 6) is -0.368. The summed E-state index contributed by atoms with van der Waals surface area (Å²) in [6, 6.07) is 4.63. The molecular weight excluding hydrogens is 151 g/mol. The lowest BCUT2D eigenvalue weighted by atomic mass is 10.2. The van der Waals surface area contributed by atoms with Gasteiger partial charge in [-0.25, -0.2) is 4.39 Å². The van der Waals surface area contributed by atoms with Crippen LogP contribution in [0, 0.1) is 12.2 Å². The number of hydrogen-bond donors (Lipinski definition) is 0. The maximum Gasteiger partial charge on any atom is 0.141 e. The van der Waals surface area contributed by atoms with Crippen molar-refractivity contribution in [2.24, 2.45) is 0 Å². The quantitative estimate of drug-likeness (QED) is 0.588. The van der Waals surface area contributed by atoms with Crippen LogP contribution >= 0.6 is 11.6 Å². The molecule has 0 aliphatic rings. The molecule has 0 aliphatic carbocycles. The Morgan fingerprint density at radius 1 is 1.50 bits per heavy atom. The average molecular weight is 158 g/mol. The first-order valence-electron chi connectivity index (χ1n) is 2.98. The van der Waals surface area contributed by atoms with Crippen LogP contribution in [0.5, 0.6) is 0 Å². The highest BCUT2D eigenvalue weighted by Gasteiger charge is 1.97. The molecule has 1 radical (unpaired) electrons. The third-order valence-corrected chi connectivity index (χ3v) is 1.57. The molecule has 0 saturated carbocycles. The first-order chi connectivity index (χ1) is 4.74. The van der Waals surface area contributed by atoms with Gasteiger partial charge in [-0.15, -0.1) is 0 Å². The van der Waals surface area contributed by atoms with E-state index in [1.807, 2.05) is 13.3 Å². The van der Waals surface area contributed by atoms with Gasteiger partial charge in [0, 0.05) is 0 Å². The Hall–Kier alpha value is -0.560. The molecule has 0 atom stereocenters. The molecule has 0 bridgehead atoms. The van der Waals surface area contributed by atoms with E-state index in [1.54, 1.807) is 12.1 Å². The van der Waals surface area contributed by atoms with Crippen LogP contribution in [0.4, 0.5) is 4.39 Å². The van der Waals surface area contributed by atoms with E-state index >= 15 is 0 Å². The lowest BCUT2D eigenvalue weighted by molar-refractivity contribution is 0.628. The zero-order chi connectivity index (χ0) is 7.56. The van der Waals surface area contributed by atoms with Gasteiger partial charge in [0.1, 0.15) is 5.82 Å². The molecule has 0 aromatic heterocycles. The van der Waals surface area contributed by atoms with Crippen LogP contribution < -0.4 is 0 Å². The van der Waals surface area contributed by atoms with E-state index in [1.165, 1.54) is 6.07 Å². The summed E-state index contributed by atoms with van der Waals surface area (Å²) in [7, 11) is 0. The van der Waals surface area contributed by atoms with E-state index in [9.17, 15) is 4.39 Å². The Balaban J connectivity index is 3.04. The Labute approximate surface area is 64.6 Å². The highest BCUT2D eigenvalue weighted by molar-refractivity contribution is 6.30. The van der Waals surface area contributed by atoms with Crippen molar-refractivity contribution < 1.29 is 4.39 Å². The van der Waals surface area contributed by atoms with Gasteiger partial charge in [0.25, 0.3) is 0 Å². The summed E-state index contributed by atoms with van der Waals surface area (Å²) in [5.41, 5.74) is 0.936. The summed E-state index contributed by atoms with van der Waals surface area (Å²) in [4.78, 5) is 0. The number of hydrogen-bond acceptors (Lipinski definition) is 0. The summed E-state index contributed by atoms with van der Waals surface area (Å²) in [6.07, 6.45) is 1.87. The van der Waals surface area contributed by atoms with Gasteiger partial charge in [-0.2, -0.15) is 0 Å². The fourth-order valence-corrected chi connectivity index (χ4v) is 0.881. The second-order valence-corrected chi connectivity index (χ2v) is 2.37. The van der Waals surface area contributed by atoms with Crippen molar-refractivity contribution in [2.45, 2.75) is 6.92 Å². The Morgan fingerprint density at radius 3 is 2.70 bits per heavy atom. The van der Waals surface area contributed by atoms with Crippen molar-refractivity contribution in [2.75, 3.05) is 0 Å². The van der Waals surface area contributed by atoms with E-state index in [-0.39, 0.29) is 10.8 Å². The minimum absolute atomic E-state index is 0.176. The van der Waals surface area contributed by atoms with Crippen molar-refractivity contribution in [3.8, 4) is 0 Å². The topological polar surface area (TPSA) is 0 Å².